The Labute approximate surface area is 102 Å². The van der Waals surface area contributed by atoms with E-state index in [2.05, 4.69) is 10.6 Å². The maximum atomic E-state index is 11.8. The number of nitrogens with one attached hydrogen (secondary N) is 2. The van der Waals surface area contributed by atoms with Crippen LogP contribution in [0.2, 0.25) is 0 Å². The van der Waals surface area contributed by atoms with Crippen molar-refractivity contribution in [1.82, 2.24) is 10.6 Å². The van der Waals surface area contributed by atoms with Crippen LogP contribution in [-0.4, -0.2) is 35.8 Å². The molecule has 3 atom stereocenters. The van der Waals surface area contributed by atoms with Crippen LogP contribution in [0.3, 0.4) is 0 Å². The summed E-state index contributed by atoms with van der Waals surface area (Å²) in [6.45, 7) is 0.0803. The molecule has 0 spiro atoms. The van der Waals surface area contributed by atoms with Gasteiger partial charge in [-0.25, -0.2) is 0 Å². The molecule has 2 N–H and O–H groups in total. The Bertz CT molecular complexity index is 298. The number of hydrogen-bond donors (Lipinski definition) is 2. The van der Waals surface area contributed by atoms with Gasteiger partial charge in [-0.1, -0.05) is 0 Å². The second kappa shape index (κ2) is 5.06. The van der Waals surface area contributed by atoms with E-state index in [4.69, 9.17) is 0 Å². The van der Waals surface area contributed by atoms with Crippen LogP contribution in [0.15, 0.2) is 0 Å². The lowest BCUT2D eigenvalue weighted by Gasteiger charge is -2.19. The molecule has 0 radical (unpaired) electrons. The summed E-state index contributed by atoms with van der Waals surface area (Å²) in [5.74, 6) is -0.277. The van der Waals surface area contributed by atoms with Gasteiger partial charge < -0.3 is 10.6 Å². The van der Waals surface area contributed by atoms with E-state index in [9.17, 15) is 18.0 Å². The molecule has 2 bridgehead atoms. The van der Waals surface area contributed by atoms with Crippen molar-refractivity contribution in [3.8, 4) is 0 Å². The lowest BCUT2D eigenvalue weighted by atomic mass is 9.88. The molecule has 2 saturated heterocycles. The predicted octanol–water partition coefficient (Wildman–Crippen LogP) is 1.50. The number of hydrogen-bond acceptors (Lipinski definition) is 3. The SMILES string of the molecule is O=C(NCCSC(F)(F)F)C1CC2CCC1N2. The molecule has 0 aromatic rings. The van der Waals surface area contributed by atoms with Crippen LogP contribution in [-0.2, 0) is 4.79 Å². The van der Waals surface area contributed by atoms with Crippen molar-refractivity contribution in [3.05, 3.63) is 0 Å². The van der Waals surface area contributed by atoms with Crippen LogP contribution in [0.4, 0.5) is 13.2 Å². The molecule has 1 amide bonds. The molecule has 3 unspecified atom stereocenters. The van der Waals surface area contributed by atoms with Crippen LogP contribution in [0, 0.1) is 5.92 Å². The molecule has 3 nitrogen and oxygen atoms in total. The summed E-state index contributed by atoms with van der Waals surface area (Å²) in [4.78, 5) is 11.7. The molecular formula is C10H15F3N2OS. The number of amides is 1. The highest BCUT2D eigenvalue weighted by Crippen LogP contribution is 2.33. The zero-order valence-electron chi connectivity index (χ0n) is 9.22. The Balaban J connectivity index is 1.65. The normalized spacial score (nSPS) is 31.8. The van der Waals surface area contributed by atoms with Gasteiger partial charge in [-0.15, -0.1) is 0 Å². The Morgan fingerprint density at radius 3 is 2.71 bits per heavy atom. The summed E-state index contributed by atoms with van der Waals surface area (Å²) in [5, 5.41) is 5.91. The van der Waals surface area contributed by atoms with E-state index in [0.29, 0.717) is 6.04 Å². The Hall–Kier alpha value is -0.430. The number of rotatable bonds is 4. The summed E-state index contributed by atoms with van der Waals surface area (Å²) in [7, 11) is 0. The predicted molar refractivity (Wildman–Crippen MR) is 59.6 cm³/mol. The van der Waals surface area contributed by atoms with Crippen LogP contribution in [0.1, 0.15) is 19.3 Å². The fraction of sp³-hybridized carbons (Fsp3) is 0.900. The number of carbonyl (C=O) groups is 1. The first kappa shape index (κ1) is 13.0. The van der Waals surface area contributed by atoms with E-state index in [0.717, 1.165) is 19.3 Å². The topological polar surface area (TPSA) is 41.1 Å². The molecule has 2 rings (SSSR count). The molecule has 7 heteroatoms. The van der Waals surface area contributed by atoms with Gasteiger partial charge in [-0.3, -0.25) is 4.79 Å². The van der Waals surface area contributed by atoms with Gasteiger partial charge in [0.15, 0.2) is 0 Å². The summed E-state index contributed by atoms with van der Waals surface area (Å²) in [5.41, 5.74) is -4.21. The maximum Gasteiger partial charge on any atom is 0.441 e. The zero-order valence-corrected chi connectivity index (χ0v) is 10.0. The van der Waals surface area contributed by atoms with E-state index in [1.165, 1.54) is 0 Å². The molecule has 0 aromatic heterocycles. The Morgan fingerprint density at radius 2 is 2.18 bits per heavy atom. The zero-order chi connectivity index (χ0) is 12.5. The van der Waals surface area contributed by atoms with E-state index in [1.54, 1.807) is 0 Å². The smallest absolute Gasteiger partial charge is 0.355 e. The summed E-state index contributed by atoms with van der Waals surface area (Å²) in [6.07, 6.45) is 2.93. The van der Waals surface area contributed by atoms with Crippen molar-refractivity contribution in [2.45, 2.75) is 36.9 Å². The molecule has 0 aromatic carbocycles. The van der Waals surface area contributed by atoms with Crippen molar-refractivity contribution in [1.29, 1.82) is 0 Å². The van der Waals surface area contributed by atoms with Crippen molar-refractivity contribution in [3.63, 3.8) is 0 Å². The van der Waals surface area contributed by atoms with Crippen molar-refractivity contribution in [2.75, 3.05) is 12.3 Å². The fourth-order valence-corrected chi connectivity index (χ4v) is 3.02. The number of carbonyl (C=O) groups excluding carboxylic acids is 1. The molecule has 0 saturated carbocycles. The average Bonchev–Trinajstić information content (AvgIpc) is 2.84. The fourth-order valence-electron chi connectivity index (χ4n) is 2.59. The number of fused-ring (bicyclic) bond motifs is 2. The monoisotopic (exact) mass is 268 g/mol. The minimum atomic E-state index is -4.21. The summed E-state index contributed by atoms with van der Waals surface area (Å²) in [6, 6.07) is 0.663. The third-order valence-corrected chi connectivity index (χ3v) is 4.04. The second-order valence-electron chi connectivity index (χ2n) is 4.47. The number of thioether (sulfide) groups is 1. The standard InChI is InChI=1S/C10H15F3N2OS/c11-10(12,13)17-4-3-14-9(16)7-5-6-1-2-8(7)15-6/h6-8,15H,1-5H2,(H,14,16). The van der Waals surface area contributed by atoms with Gasteiger partial charge >= 0.3 is 5.51 Å². The van der Waals surface area contributed by atoms with Gasteiger partial charge in [-0.05, 0) is 31.0 Å². The van der Waals surface area contributed by atoms with Crippen molar-refractivity contribution < 1.29 is 18.0 Å². The van der Waals surface area contributed by atoms with E-state index in [1.807, 2.05) is 0 Å². The van der Waals surface area contributed by atoms with Crippen LogP contribution < -0.4 is 10.6 Å². The van der Waals surface area contributed by atoms with Gasteiger partial charge in [0.05, 0.1) is 5.92 Å². The van der Waals surface area contributed by atoms with Gasteiger partial charge in [0.2, 0.25) is 5.91 Å². The van der Waals surface area contributed by atoms with Crippen molar-refractivity contribution >= 4 is 17.7 Å². The minimum Gasteiger partial charge on any atom is -0.355 e. The highest BCUT2D eigenvalue weighted by Gasteiger charge is 2.42. The summed E-state index contributed by atoms with van der Waals surface area (Å²) < 4.78 is 35.5. The first-order chi connectivity index (χ1) is 7.96. The second-order valence-corrected chi connectivity index (χ2v) is 5.63. The molecule has 2 aliphatic rings. The Kier molecular flexibility index (Phi) is 3.87. The van der Waals surface area contributed by atoms with E-state index < -0.39 is 5.51 Å². The van der Waals surface area contributed by atoms with Crippen LogP contribution >= 0.6 is 11.8 Å². The molecule has 2 aliphatic heterocycles. The first-order valence-corrected chi connectivity index (χ1v) is 6.69. The lowest BCUT2D eigenvalue weighted by Crippen LogP contribution is -2.38. The van der Waals surface area contributed by atoms with Gasteiger partial charge in [0, 0.05) is 24.4 Å². The molecule has 2 fully saturated rings. The van der Waals surface area contributed by atoms with E-state index >= 15 is 0 Å². The minimum absolute atomic E-state index is 0.0513. The van der Waals surface area contributed by atoms with Gasteiger partial charge in [0.25, 0.3) is 0 Å². The Morgan fingerprint density at radius 1 is 1.41 bits per heavy atom. The van der Waals surface area contributed by atoms with E-state index in [-0.39, 0.29) is 41.9 Å². The average molecular weight is 268 g/mol. The highest BCUT2D eigenvalue weighted by atomic mass is 32.2. The van der Waals surface area contributed by atoms with Crippen molar-refractivity contribution in [2.24, 2.45) is 5.92 Å². The molecule has 0 aliphatic carbocycles. The third-order valence-electron chi connectivity index (χ3n) is 3.30. The van der Waals surface area contributed by atoms with Gasteiger partial charge in [-0.2, -0.15) is 13.2 Å². The lowest BCUT2D eigenvalue weighted by molar-refractivity contribution is -0.125. The first-order valence-electron chi connectivity index (χ1n) is 5.70. The van der Waals surface area contributed by atoms with Gasteiger partial charge in [0.1, 0.15) is 0 Å². The molecule has 98 valence electrons. The van der Waals surface area contributed by atoms with Crippen LogP contribution in [0.25, 0.3) is 0 Å². The number of halogens is 3. The quantitative estimate of drug-likeness (QED) is 0.759. The number of alkyl halides is 3. The highest BCUT2D eigenvalue weighted by molar-refractivity contribution is 8.00. The summed E-state index contributed by atoms with van der Waals surface area (Å²) >= 11 is -0.0969. The largest absolute Gasteiger partial charge is 0.441 e. The maximum absolute atomic E-state index is 11.8. The molecular weight excluding hydrogens is 253 g/mol. The third kappa shape index (κ3) is 3.51. The molecule has 2 heterocycles. The van der Waals surface area contributed by atoms with Crippen LogP contribution in [0.5, 0.6) is 0 Å². The molecule has 17 heavy (non-hydrogen) atoms.